The maximum Gasteiger partial charge on any atom is 0.0474 e. The average molecular weight is 172 g/mol. The summed E-state index contributed by atoms with van der Waals surface area (Å²) < 4.78 is 4.91. The van der Waals surface area contributed by atoms with Gasteiger partial charge in [-0.15, -0.1) is 0 Å². The maximum absolute atomic E-state index is 8.01. The maximum atomic E-state index is 8.01. The topological polar surface area (TPSA) is 61.2 Å². The molecule has 0 aromatic carbocycles. The number of likely N-dealkylation sites (N-methyl/N-ethyl adjacent to an activating group) is 1. The highest BCUT2D eigenvalue weighted by atomic mass is 16.5. The van der Waals surface area contributed by atoms with E-state index in [1.165, 1.54) is 0 Å². The van der Waals surface area contributed by atoms with Crippen molar-refractivity contribution in [2.45, 2.75) is 6.42 Å². The summed E-state index contributed by atoms with van der Waals surface area (Å²) in [4.78, 5) is 4.80. The van der Waals surface area contributed by atoms with E-state index in [1.807, 2.05) is 7.05 Å². The first-order valence-electron chi connectivity index (χ1n) is 3.99. The van der Waals surface area contributed by atoms with Crippen molar-refractivity contribution >= 4 is 0 Å². The standard InChI is InChI=1S/C7H16N4O/c1-11(5-3-7-12-2)6-4-9-10-8/h3-7H2,1-2H3. The smallest absolute Gasteiger partial charge is 0.0474 e. The summed E-state index contributed by atoms with van der Waals surface area (Å²) in [5, 5.41) is 3.45. The molecule has 0 aliphatic rings. The summed E-state index contributed by atoms with van der Waals surface area (Å²) in [7, 11) is 3.70. The first kappa shape index (κ1) is 11.2. The average Bonchev–Trinajstić information content (AvgIpc) is 2.06. The van der Waals surface area contributed by atoms with Crippen LogP contribution in [0.25, 0.3) is 10.4 Å². The van der Waals surface area contributed by atoms with Crippen LogP contribution in [-0.2, 0) is 4.74 Å². The van der Waals surface area contributed by atoms with Crippen LogP contribution < -0.4 is 0 Å². The molecule has 0 rings (SSSR count). The predicted molar refractivity (Wildman–Crippen MR) is 48.0 cm³/mol. The summed E-state index contributed by atoms with van der Waals surface area (Å²) >= 11 is 0. The van der Waals surface area contributed by atoms with Gasteiger partial charge >= 0.3 is 0 Å². The van der Waals surface area contributed by atoms with Crippen LogP contribution in [0.2, 0.25) is 0 Å². The van der Waals surface area contributed by atoms with E-state index in [4.69, 9.17) is 10.3 Å². The van der Waals surface area contributed by atoms with Crippen LogP contribution in [0.15, 0.2) is 5.11 Å². The lowest BCUT2D eigenvalue weighted by molar-refractivity contribution is 0.180. The molecule has 0 heterocycles. The van der Waals surface area contributed by atoms with Crippen LogP contribution in [0.5, 0.6) is 0 Å². The number of hydrogen-bond donors (Lipinski definition) is 0. The van der Waals surface area contributed by atoms with Crippen LogP contribution in [-0.4, -0.2) is 45.3 Å². The van der Waals surface area contributed by atoms with E-state index in [0.717, 1.165) is 26.1 Å². The molecular weight excluding hydrogens is 156 g/mol. The molecule has 5 nitrogen and oxygen atoms in total. The minimum Gasteiger partial charge on any atom is -0.385 e. The Kier molecular flexibility index (Phi) is 7.79. The van der Waals surface area contributed by atoms with Gasteiger partial charge in [0.1, 0.15) is 0 Å². The zero-order valence-electron chi connectivity index (χ0n) is 7.73. The molecule has 12 heavy (non-hydrogen) atoms. The fourth-order valence-electron chi connectivity index (χ4n) is 0.851. The Hall–Kier alpha value is -0.770. The summed E-state index contributed by atoms with van der Waals surface area (Å²) in [6.45, 7) is 3.12. The van der Waals surface area contributed by atoms with Crippen molar-refractivity contribution in [2.24, 2.45) is 5.11 Å². The third-order valence-corrected chi connectivity index (χ3v) is 1.53. The van der Waals surface area contributed by atoms with E-state index in [1.54, 1.807) is 7.11 Å². The van der Waals surface area contributed by atoms with Gasteiger partial charge in [-0.3, -0.25) is 0 Å². The van der Waals surface area contributed by atoms with Crippen molar-refractivity contribution in [3.05, 3.63) is 10.4 Å². The second-order valence-electron chi connectivity index (χ2n) is 2.60. The van der Waals surface area contributed by atoms with Crippen molar-refractivity contribution in [3.8, 4) is 0 Å². The van der Waals surface area contributed by atoms with Crippen LogP contribution >= 0.6 is 0 Å². The molecule has 0 amide bonds. The van der Waals surface area contributed by atoms with Crippen LogP contribution in [0.3, 0.4) is 0 Å². The largest absolute Gasteiger partial charge is 0.385 e. The summed E-state index contributed by atoms with van der Waals surface area (Å²) in [5.74, 6) is 0. The molecule has 0 radical (unpaired) electrons. The number of azide groups is 1. The van der Waals surface area contributed by atoms with Crippen molar-refractivity contribution < 1.29 is 4.74 Å². The van der Waals surface area contributed by atoms with Gasteiger partial charge in [0.2, 0.25) is 0 Å². The Labute approximate surface area is 72.9 Å². The van der Waals surface area contributed by atoms with E-state index in [-0.39, 0.29) is 0 Å². The molecule has 0 spiro atoms. The third-order valence-electron chi connectivity index (χ3n) is 1.53. The second kappa shape index (κ2) is 8.33. The lowest BCUT2D eigenvalue weighted by Crippen LogP contribution is -2.23. The minimum atomic E-state index is 0.542. The Balaban J connectivity index is 3.20. The fraction of sp³-hybridized carbons (Fsp3) is 1.00. The van der Waals surface area contributed by atoms with Gasteiger partial charge in [-0.2, -0.15) is 0 Å². The number of hydrogen-bond acceptors (Lipinski definition) is 3. The quantitative estimate of drug-likeness (QED) is 0.251. The van der Waals surface area contributed by atoms with Gasteiger partial charge in [0.25, 0.3) is 0 Å². The number of ether oxygens (including phenoxy) is 1. The summed E-state index contributed by atoms with van der Waals surface area (Å²) in [6, 6.07) is 0. The number of rotatable bonds is 7. The van der Waals surface area contributed by atoms with Crippen molar-refractivity contribution in [2.75, 3.05) is 40.4 Å². The van der Waals surface area contributed by atoms with Crippen LogP contribution in [0.1, 0.15) is 6.42 Å². The van der Waals surface area contributed by atoms with Gasteiger partial charge in [-0.25, -0.2) is 0 Å². The van der Waals surface area contributed by atoms with Gasteiger partial charge < -0.3 is 9.64 Å². The number of methoxy groups -OCH3 is 1. The molecule has 0 bridgehead atoms. The van der Waals surface area contributed by atoms with Crippen LogP contribution in [0, 0.1) is 0 Å². The van der Waals surface area contributed by atoms with Crippen LogP contribution in [0.4, 0.5) is 0 Å². The molecule has 5 heteroatoms. The lowest BCUT2D eigenvalue weighted by Gasteiger charge is -2.14. The zero-order chi connectivity index (χ0) is 9.23. The normalized spacial score (nSPS) is 9.92. The SMILES string of the molecule is COCCCN(C)CCN=[N+]=[N-]. The van der Waals surface area contributed by atoms with Gasteiger partial charge in [-0.05, 0) is 19.0 Å². The van der Waals surface area contributed by atoms with E-state index in [0.29, 0.717) is 6.54 Å². The first-order chi connectivity index (χ1) is 5.81. The molecule has 0 aromatic rings. The Morgan fingerprint density at radius 2 is 2.25 bits per heavy atom. The molecule has 0 saturated heterocycles. The molecule has 0 atom stereocenters. The Morgan fingerprint density at radius 1 is 1.50 bits per heavy atom. The molecule has 0 fully saturated rings. The fourth-order valence-corrected chi connectivity index (χ4v) is 0.851. The summed E-state index contributed by atoms with van der Waals surface area (Å²) in [6.07, 6.45) is 1.02. The lowest BCUT2D eigenvalue weighted by atomic mass is 10.4. The van der Waals surface area contributed by atoms with E-state index in [2.05, 4.69) is 14.9 Å². The van der Waals surface area contributed by atoms with E-state index < -0.39 is 0 Å². The minimum absolute atomic E-state index is 0.542. The zero-order valence-corrected chi connectivity index (χ0v) is 7.73. The first-order valence-corrected chi connectivity index (χ1v) is 3.99. The van der Waals surface area contributed by atoms with Gasteiger partial charge in [-0.1, -0.05) is 5.11 Å². The molecule has 0 saturated carbocycles. The van der Waals surface area contributed by atoms with Crippen molar-refractivity contribution in [1.82, 2.24) is 4.90 Å². The van der Waals surface area contributed by atoms with E-state index >= 15 is 0 Å². The molecule has 70 valence electrons. The highest BCUT2D eigenvalue weighted by Gasteiger charge is 1.95. The molecule has 0 unspecified atom stereocenters. The van der Waals surface area contributed by atoms with Gasteiger partial charge in [0.05, 0.1) is 0 Å². The molecule has 0 aromatic heterocycles. The van der Waals surface area contributed by atoms with Crippen molar-refractivity contribution in [3.63, 3.8) is 0 Å². The highest BCUT2D eigenvalue weighted by Crippen LogP contribution is 1.87. The third kappa shape index (κ3) is 7.34. The Morgan fingerprint density at radius 3 is 2.83 bits per heavy atom. The van der Waals surface area contributed by atoms with Crippen molar-refractivity contribution in [1.29, 1.82) is 0 Å². The number of nitrogens with zero attached hydrogens (tertiary/aromatic N) is 4. The van der Waals surface area contributed by atoms with E-state index in [9.17, 15) is 0 Å². The summed E-state index contributed by atoms with van der Waals surface area (Å²) in [5.41, 5.74) is 8.01. The molecular formula is C7H16N4O. The monoisotopic (exact) mass is 172 g/mol. The van der Waals surface area contributed by atoms with Gasteiger partial charge in [0.15, 0.2) is 0 Å². The highest BCUT2D eigenvalue weighted by molar-refractivity contribution is 4.54. The van der Waals surface area contributed by atoms with Gasteiger partial charge in [0, 0.05) is 38.3 Å². The second-order valence-corrected chi connectivity index (χ2v) is 2.60. The predicted octanol–water partition coefficient (Wildman–Crippen LogP) is 1.26. The molecule has 0 N–H and O–H groups in total. The molecule has 0 aliphatic carbocycles. The Bertz CT molecular complexity index is 144. The molecule has 0 aliphatic heterocycles.